The first-order valence-corrected chi connectivity index (χ1v) is 6.78. The lowest BCUT2D eigenvalue weighted by atomic mass is 9.86. The molecule has 0 saturated carbocycles. The van der Waals surface area contributed by atoms with Crippen molar-refractivity contribution in [3.8, 4) is 5.75 Å². The molecule has 2 aromatic rings. The molecule has 0 aliphatic rings. The van der Waals surface area contributed by atoms with Gasteiger partial charge in [0, 0.05) is 5.56 Å². The van der Waals surface area contributed by atoms with E-state index in [4.69, 9.17) is 4.74 Å². The fourth-order valence-electron chi connectivity index (χ4n) is 2.24. The summed E-state index contributed by atoms with van der Waals surface area (Å²) in [5.74, 6) is 0.360. The third-order valence-corrected chi connectivity index (χ3v) is 3.33. The summed E-state index contributed by atoms with van der Waals surface area (Å²) in [6, 6.07) is 4.64. The molecule has 0 spiro atoms. The van der Waals surface area contributed by atoms with Crippen LogP contribution in [0.3, 0.4) is 0 Å². The molecule has 118 valence electrons. The zero-order valence-corrected chi connectivity index (χ0v) is 13.0. The summed E-state index contributed by atoms with van der Waals surface area (Å²) in [6.07, 6.45) is 1.18. The SMILES string of the molecule is Cn1c([N+](=O)[O-])cnc1COc1cccc(F)c1C(C)(C)C. The van der Waals surface area contributed by atoms with Gasteiger partial charge in [0.1, 0.15) is 17.8 Å². The number of imidazole rings is 1. The molecule has 0 unspecified atom stereocenters. The van der Waals surface area contributed by atoms with Crippen molar-refractivity contribution in [1.82, 2.24) is 9.55 Å². The van der Waals surface area contributed by atoms with Crippen LogP contribution in [0, 0.1) is 15.9 Å². The van der Waals surface area contributed by atoms with Crippen molar-refractivity contribution in [3.63, 3.8) is 0 Å². The molecule has 6 nitrogen and oxygen atoms in total. The highest BCUT2D eigenvalue weighted by Crippen LogP contribution is 2.33. The highest BCUT2D eigenvalue weighted by atomic mass is 19.1. The lowest BCUT2D eigenvalue weighted by Gasteiger charge is -2.23. The maximum Gasteiger partial charge on any atom is 0.342 e. The minimum absolute atomic E-state index is 0.0247. The van der Waals surface area contributed by atoms with Crippen molar-refractivity contribution >= 4 is 5.82 Å². The summed E-state index contributed by atoms with van der Waals surface area (Å²) in [5, 5.41) is 10.8. The summed E-state index contributed by atoms with van der Waals surface area (Å²) in [4.78, 5) is 14.2. The van der Waals surface area contributed by atoms with Crippen molar-refractivity contribution < 1.29 is 14.1 Å². The number of aromatic nitrogens is 2. The summed E-state index contributed by atoms with van der Waals surface area (Å²) in [7, 11) is 1.54. The Morgan fingerprint density at radius 3 is 2.64 bits per heavy atom. The van der Waals surface area contributed by atoms with Gasteiger partial charge in [-0.2, -0.15) is 0 Å². The number of nitro groups is 1. The van der Waals surface area contributed by atoms with Gasteiger partial charge in [0.2, 0.25) is 5.82 Å². The molecule has 7 heteroatoms. The molecule has 22 heavy (non-hydrogen) atoms. The Balaban J connectivity index is 2.26. The molecule has 2 rings (SSSR count). The minimum atomic E-state index is -0.515. The number of hydrogen-bond acceptors (Lipinski definition) is 4. The lowest BCUT2D eigenvalue weighted by Crippen LogP contribution is -2.16. The molecule has 0 amide bonds. The van der Waals surface area contributed by atoms with Crippen molar-refractivity contribution in [2.24, 2.45) is 7.05 Å². The van der Waals surface area contributed by atoms with E-state index >= 15 is 0 Å². The van der Waals surface area contributed by atoms with Crippen molar-refractivity contribution in [2.45, 2.75) is 32.8 Å². The molecule has 0 N–H and O–H groups in total. The second-order valence-corrected chi connectivity index (χ2v) is 6.00. The van der Waals surface area contributed by atoms with E-state index in [0.29, 0.717) is 17.1 Å². The zero-order chi connectivity index (χ0) is 16.5. The maximum absolute atomic E-state index is 14.1. The number of rotatable bonds is 4. The molecule has 0 atom stereocenters. The Hall–Kier alpha value is -2.44. The first-order valence-electron chi connectivity index (χ1n) is 6.78. The van der Waals surface area contributed by atoms with Gasteiger partial charge < -0.3 is 14.9 Å². The topological polar surface area (TPSA) is 70.2 Å². The molecule has 0 bridgehead atoms. The number of nitrogens with zero attached hydrogens (tertiary/aromatic N) is 3. The Morgan fingerprint density at radius 2 is 2.09 bits per heavy atom. The fraction of sp³-hybridized carbons (Fsp3) is 0.400. The van der Waals surface area contributed by atoms with Crippen molar-refractivity contribution in [2.75, 3.05) is 0 Å². The Bertz CT molecular complexity index is 705. The van der Waals surface area contributed by atoms with Crippen LogP contribution >= 0.6 is 0 Å². The molecular formula is C15H18FN3O3. The van der Waals surface area contributed by atoms with E-state index in [2.05, 4.69) is 4.98 Å². The third kappa shape index (κ3) is 3.08. The average molecular weight is 307 g/mol. The number of ether oxygens (including phenoxy) is 1. The largest absolute Gasteiger partial charge is 0.483 e. The summed E-state index contributed by atoms with van der Waals surface area (Å²) in [6.45, 7) is 5.70. The number of halogens is 1. The molecule has 1 aromatic heterocycles. The Kier molecular flexibility index (Phi) is 4.16. The molecule has 1 heterocycles. The van der Waals surface area contributed by atoms with Gasteiger partial charge in [0.25, 0.3) is 0 Å². The standard InChI is InChI=1S/C15H18FN3O3/c1-15(2,3)14-10(16)6-5-7-11(14)22-9-12-17-8-13(18(12)4)19(20)21/h5-8H,9H2,1-4H3. The molecule has 0 aliphatic heterocycles. The molecule has 0 radical (unpaired) electrons. The quantitative estimate of drug-likeness (QED) is 0.641. The van der Waals surface area contributed by atoms with E-state index in [1.807, 2.05) is 20.8 Å². The van der Waals surface area contributed by atoms with Crippen LogP contribution in [0.2, 0.25) is 0 Å². The van der Waals surface area contributed by atoms with Gasteiger partial charge in [-0.25, -0.2) is 13.9 Å². The van der Waals surface area contributed by atoms with Crippen molar-refractivity contribution in [1.29, 1.82) is 0 Å². The van der Waals surface area contributed by atoms with Gasteiger partial charge in [-0.15, -0.1) is 0 Å². The van der Waals surface area contributed by atoms with Crippen LogP contribution in [0.4, 0.5) is 10.2 Å². The van der Waals surface area contributed by atoms with Gasteiger partial charge in [-0.05, 0) is 22.5 Å². The summed E-state index contributed by atoms with van der Waals surface area (Å²) in [5.41, 5.74) is 0.0487. The first-order chi connectivity index (χ1) is 10.2. The van der Waals surface area contributed by atoms with E-state index in [1.165, 1.54) is 16.8 Å². The van der Waals surface area contributed by atoms with Crippen molar-refractivity contribution in [3.05, 3.63) is 51.7 Å². The number of hydrogen-bond donors (Lipinski definition) is 0. The predicted octanol–water partition coefficient (Wildman–Crippen LogP) is 3.34. The van der Waals surface area contributed by atoms with E-state index < -0.39 is 10.3 Å². The first kappa shape index (κ1) is 15.9. The summed E-state index contributed by atoms with van der Waals surface area (Å²) >= 11 is 0. The van der Waals surface area contributed by atoms with Crippen LogP contribution in [0.15, 0.2) is 24.4 Å². The Labute approximate surface area is 127 Å². The van der Waals surface area contributed by atoms with Gasteiger partial charge in [0.15, 0.2) is 6.61 Å². The van der Waals surface area contributed by atoms with Crippen LogP contribution in [0.25, 0.3) is 0 Å². The van der Waals surface area contributed by atoms with E-state index in [-0.39, 0.29) is 18.2 Å². The van der Waals surface area contributed by atoms with Crippen LogP contribution in [-0.4, -0.2) is 14.5 Å². The molecule has 0 fully saturated rings. The van der Waals surface area contributed by atoms with Crippen LogP contribution in [-0.2, 0) is 19.1 Å². The van der Waals surface area contributed by atoms with Gasteiger partial charge in [-0.1, -0.05) is 26.8 Å². The highest BCUT2D eigenvalue weighted by molar-refractivity contribution is 5.39. The molecule has 1 aromatic carbocycles. The third-order valence-electron chi connectivity index (χ3n) is 3.33. The van der Waals surface area contributed by atoms with E-state index in [0.717, 1.165) is 0 Å². The van der Waals surface area contributed by atoms with Gasteiger partial charge in [-0.3, -0.25) is 0 Å². The summed E-state index contributed by atoms with van der Waals surface area (Å²) < 4.78 is 21.1. The zero-order valence-electron chi connectivity index (χ0n) is 13.0. The number of benzene rings is 1. The maximum atomic E-state index is 14.1. The molecule has 0 saturated heterocycles. The molecular weight excluding hydrogens is 289 g/mol. The second kappa shape index (κ2) is 5.75. The van der Waals surface area contributed by atoms with E-state index in [9.17, 15) is 14.5 Å². The fourth-order valence-corrected chi connectivity index (χ4v) is 2.24. The van der Waals surface area contributed by atoms with E-state index in [1.54, 1.807) is 19.2 Å². The van der Waals surface area contributed by atoms with Crippen LogP contribution < -0.4 is 4.74 Å². The van der Waals surface area contributed by atoms with Crippen LogP contribution in [0.5, 0.6) is 5.75 Å². The minimum Gasteiger partial charge on any atom is -0.483 e. The Morgan fingerprint density at radius 1 is 1.41 bits per heavy atom. The predicted molar refractivity (Wildman–Crippen MR) is 79.3 cm³/mol. The average Bonchev–Trinajstić information content (AvgIpc) is 2.76. The normalized spacial score (nSPS) is 11.5. The second-order valence-electron chi connectivity index (χ2n) is 6.00. The van der Waals surface area contributed by atoms with Gasteiger partial charge >= 0.3 is 5.82 Å². The van der Waals surface area contributed by atoms with Gasteiger partial charge in [0.05, 0.1) is 7.05 Å². The smallest absolute Gasteiger partial charge is 0.342 e. The van der Waals surface area contributed by atoms with Crippen LogP contribution in [0.1, 0.15) is 32.2 Å². The molecule has 0 aliphatic carbocycles. The highest BCUT2D eigenvalue weighted by Gasteiger charge is 2.24. The monoisotopic (exact) mass is 307 g/mol. The lowest BCUT2D eigenvalue weighted by molar-refractivity contribution is -0.391.